The Balaban J connectivity index is 2.87. The van der Waals surface area contributed by atoms with Crippen LogP contribution in [0.2, 0.25) is 0 Å². The molecule has 0 bridgehead atoms. The van der Waals surface area contributed by atoms with Crippen LogP contribution in [0.25, 0.3) is 0 Å². The third kappa shape index (κ3) is 3.45. The number of oxime groups is 1. The zero-order valence-corrected chi connectivity index (χ0v) is 11.2. The van der Waals surface area contributed by atoms with Gasteiger partial charge in [-0.05, 0) is 31.5 Å². The Labute approximate surface area is 108 Å². The first kappa shape index (κ1) is 13.5. The molecule has 0 aliphatic heterocycles. The molecule has 17 heavy (non-hydrogen) atoms. The molecule has 0 aliphatic rings. The summed E-state index contributed by atoms with van der Waals surface area (Å²) in [6.07, 6.45) is 0. The molecule has 1 rings (SSSR count). The molecule has 0 radical (unpaired) electrons. The molecular weight excluding hydrogens is 286 g/mol. The van der Waals surface area contributed by atoms with E-state index in [1.165, 1.54) is 0 Å². The lowest BCUT2D eigenvalue weighted by atomic mass is 10.1. The van der Waals surface area contributed by atoms with Gasteiger partial charge in [0.05, 0.1) is 6.04 Å². The Morgan fingerprint density at radius 2 is 2.24 bits per heavy atom. The minimum absolute atomic E-state index is 0.0361. The SMILES string of the molecule is Cc1ccc(Br)cc1C(=O)NC(C)C(N)=NO. The van der Waals surface area contributed by atoms with Gasteiger partial charge >= 0.3 is 0 Å². The topological polar surface area (TPSA) is 87.7 Å². The van der Waals surface area contributed by atoms with E-state index in [1.807, 2.05) is 19.1 Å². The molecule has 0 saturated carbocycles. The van der Waals surface area contributed by atoms with E-state index in [0.717, 1.165) is 10.0 Å². The van der Waals surface area contributed by atoms with Gasteiger partial charge in [0.1, 0.15) is 0 Å². The van der Waals surface area contributed by atoms with Gasteiger partial charge in [-0.3, -0.25) is 4.79 Å². The summed E-state index contributed by atoms with van der Waals surface area (Å²) < 4.78 is 0.824. The van der Waals surface area contributed by atoms with E-state index in [9.17, 15) is 4.79 Å². The molecule has 1 unspecified atom stereocenters. The lowest BCUT2D eigenvalue weighted by molar-refractivity contribution is 0.0948. The summed E-state index contributed by atoms with van der Waals surface area (Å²) in [5.41, 5.74) is 6.80. The molecule has 1 atom stereocenters. The van der Waals surface area contributed by atoms with Gasteiger partial charge in [-0.2, -0.15) is 0 Å². The normalized spacial score (nSPS) is 13.2. The molecule has 0 spiro atoms. The standard InChI is InChI=1S/C11H14BrN3O2/c1-6-3-4-8(12)5-9(6)11(16)14-7(2)10(13)15-17/h3-5,7,17H,1-2H3,(H2,13,15)(H,14,16). The molecule has 6 heteroatoms. The first-order chi connectivity index (χ1) is 7.95. The number of nitrogens with zero attached hydrogens (tertiary/aromatic N) is 1. The van der Waals surface area contributed by atoms with Gasteiger partial charge in [0.2, 0.25) is 0 Å². The number of amidine groups is 1. The maximum atomic E-state index is 11.9. The van der Waals surface area contributed by atoms with Crippen molar-refractivity contribution in [2.45, 2.75) is 19.9 Å². The Morgan fingerprint density at radius 1 is 1.59 bits per heavy atom. The highest BCUT2D eigenvalue weighted by Gasteiger charge is 2.14. The lowest BCUT2D eigenvalue weighted by Crippen LogP contribution is -2.42. The first-order valence-corrected chi connectivity index (χ1v) is 5.79. The van der Waals surface area contributed by atoms with Crippen molar-refractivity contribution in [3.63, 3.8) is 0 Å². The maximum Gasteiger partial charge on any atom is 0.252 e. The van der Waals surface area contributed by atoms with E-state index in [1.54, 1.807) is 13.0 Å². The van der Waals surface area contributed by atoms with E-state index in [0.29, 0.717) is 5.56 Å². The van der Waals surface area contributed by atoms with Crippen molar-refractivity contribution in [2.24, 2.45) is 10.9 Å². The number of aryl methyl sites for hydroxylation is 1. The number of hydrogen-bond acceptors (Lipinski definition) is 3. The largest absolute Gasteiger partial charge is 0.409 e. The van der Waals surface area contributed by atoms with Gasteiger partial charge in [-0.15, -0.1) is 0 Å². The molecule has 4 N–H and O–H groups in total. The van der Waals surface area contributed by atoms with E-state index in [2.05, 4.69) is 26.4 Å². The molecule has 5 nitrogen and oxygen atoms in total. The van der Waals surface area contributed by atoms with E-state index >= 15 is 0 Å². The lowest BCUT2D eigenvalue weighted by Gasteiger charge is -2.13. The van der Waals surface area contributed by atoms with E-state index in [-0.39, 0.29) is 11.7 Å². The zero-order chi connectivity index (χ0) is 13.0. The van der Waals surface area contributed by atoms with Crippen molar-refractivity contribution in [1.82, 2.24) is 5.32 Å². The van der Waals surface area contributed by atoms with Crippen molar-refractivity contribution in [3.8, 4) is 0 Å². The van der Waals surface area contributed by atoms with E-state index < -0.39 is 6.04 Å². The van der Waals surface area contributed by atoms with Crippen LogP contribution >= 0.6 is 15.9 Å². The van der Waals surface area contributed by atoms with Crippen LogP contribution in [0.15, 0.2) is 27.8 Å². The maximum absolute atomic E-state index is 11.9. The fourth-order valence-electron chi connectivity index (χ4n) is 1.27. The summed E-state index contributed by atoms with van der Waals surface area (Å²) in [6, 6.07) is 4.90. The molecular formula is C11H14BrN3O2. The average Bonchev–Trinajstić information content (AvgIpc) is 2.30. The van der Waals surface area contributed by atoms with Gasteiger partial charge in [0.25, 0.3) is 5.91 Å². The minimum atomic E-state index is -0.522. The molecule has 0 fully saturated rings. The molecule has 92 valence electrons. The highest BCUT2D eigenvalue weighted by Crippen LogP contribution is 2.16. The zero-order valence-electron chi connectivity index (χ0n) is 9.57. The molecule has 1 aromatic rings. The van der Waals surface area contributed by atoms with Crippen molar-refractivity contribution < 1.29 is 10.0 Å². The van der Waals surface area contributed by atoms with Crippen LogP contribution in [0.5, 0.6) is 0 Å². The monoisotopic (exact) mass is 299 g/mol. The smallest absolute Gasteiger partial charge is 0.252 e. The van der Waals surface area contributed by atoms with Gasteiger partial charge in [-0.25, -0.2) is 0 Å². The van der Waals surface area contributed by atoms with Crippen LogP contribution in [0.3, 0.4) is 0 Å². The van der Waals surface area contributed by atoms with Gasteiger partial charge in [0.15, 0.2) is 5.84 Å². The molecule has 0 aromatic heterocycles. The number of nitrogens with two attached hydrogens (primary N) is 1. The predicted molar refractivity (Wildman–Crippen MR) is 69.2 cm³/mol. The summed E-state index contributed by atoms with van der Waals surface area (Å²) >= 11 is 3.31. The number of carbonyl (C=O) groups excluding carboxylic acids is 1. The molecule has 1 aromatic carbocycles. The number of rotatable bonds is 3. The highest BCUT2D eigenvalue weighted by atomic mass is 79.9. The van der Waals surface area contributed by atoms with Crippen LogP contribution in [0.4, 0.5) is 0 Å². The fourth-order valence-corrected chi connectivity index (χ4v) is 1.63. The van der Waals surface area contributed by atoms with Gasteiger partial charge < -0.3 is 16.3 Å². The predicted octanol–water partition coefficient (Wildman–Crippen LogP) is 1.62. The summed E-state index contributed by atoms with van der Waals surface area (Å²) in [5, 5.41) is 14.0. The molecule has 0 saturated heterocycles. The Hall–Kier alpha value is -1.56. The van der Waals surface area contributed by atoms with Crippen LogP contribution in [0.1, 0.15) is 22.8 Å². The number of benzene rings is 1. The van der Waals surface area contributed by atoms with Crippen molar-refractivity contribution >= 4 is 27.7 Å². The minimum Gasteiger partial charge on any atom is -0.409 e. The van der Waals surface area contributed by atoms with Crippen molar-refractivity contribution in [1.29, 1.82) is 0 Å². The second-order valence-corrected chi connectivity index (χ2v) is 4.59. The number of amides is 1. The van der Waals surface area contributed by atoms with Crippen molar-refractivity contribution in [3.05, 3.63) is 33.8 Å². The Bertz CT molecular complexity index is 460. The number of hydrogen-bond donors (Lipinski definition) is 3. The average molecular weight is 300 g/mol. The second kappa shape index (κ2) is 5.67. The quantitative estimate of drug-likeness (QED) is 0.343. The first-order valence-electron chi connectivity index (χ1n) is 5.00. The van der Waals surface area contributed by atoms with Crippen molar-refractivity contribution in [2.75, 3.05) is 0 Å². The van der Waals surface area contributed by atoms with Crippen LogP contribution in [-0.2, 0) is 0 Å². The fraction of sp³-hybridized carbons (Fsp3) is 0.273. The number of nitrogens with one attached hydrogen (secondary N) is 1. The van der Waals surface area contributed by atoms with Crippen LogP contribution in [0, 0.1) is 6.92 Å². The number of carbonyl (C=O) groups is 1. The second-order valence-electron chi connectivity index (χ2n) is 3.68. The van der Waals surface area contributed by atoms with Gasteiger partial charge in [-0.1, -0.05) is 27.2 Å². The molecule has 0 aliphatic carbocycles. The van der Waals surface area contributed by atoms with Gasteiger partial charge in [0, 0.05) is 10.0 Å². The summed E-state index contributed by atoms with van der Waals surface area (Å²) in [5.74, 6) is -0.297. The van der Waals surface area contributed by atoms with Crippen LogP contribution < -0.4 is 11.1 Å². The Kier molecular flexibility index (Phi) is 4.51. The molecule has 1 amide bonds. The third-order valence-electron chi connectivity index (χ3n) is 2.35. The Morgan fingerprint density at radius 3 is 2.82 bits per heavy atom. The highest BCUT2D eigenvalue weighted by molar-refractivity contribution is 9.10. The summed E-state index contributed by atoms with van der Waals surface area (Å²) in [7, 11) is 0. The van der Waals surface area contributed by atoms with E-state index in [4.69, 9.17) is 10.9 Å². The third-order valence-corrected chi connectivity index (χ3v) is 2.84. The van der Waals surface area contributed by atoms with Crippen LogP contribution in [-0.4, -0.2) is 23.0 Å². The summed E-state index contributed by atoms with van der Waals surface area (Å²) in [6.45, 7) is 3.48. The molecule has 0 heterocycles. The number of halogens is 1. The summed E-state index contributed by atoms with van der Waals surface area (Å²) in [4.78, 5) is 11.9.